The molecule has 1 aliphatic heterocycles. The molecule has 0 radical (unpaired) electrons. The number of hydrogen-bond acceptors (Lipinski definition) is 5. The van der Waals surface area contributed by atoms with Gasteiger partial charge >= 0.3 is 0 Å². The zero-order valence-electron chi connectivity index (χ0n) is 21.4. The summed E-state index contributed by atoms with van der Waals surface area (Å²) in [6, 6.07) is 21.1. The van der Waals surface area contributed by atoms with Gasteiger partial charge in [-0.3, -0.25) is 0 Å². The van der Waals surface area contributed by atoms with Crippen molar-refractivity contribution in [3.05, 3.63) is 60.7 Å². The molecule has 34 heavy (non-hydrogen) atoms. The number of benzene rings is 2. The van der Waals surface area contributed by atoms with Crippen LogP contribution in [0, 0.1) is 5.92 Å². The third kappa shape index (κ3) is 6.51. The molecule has 3 rings (SSSR count). The Morgan fingerprint density at radius 1 is 0.971 bits per heavy atom. The molecular weight excluding hydrogens is 477 g/mol. The van der Waals surface area contributed by atoms with Crippen LogP contribution in [0.15, 0.2) is 60.7 Å². The van der Waals surface area contributed by atoms with Crippen LogP contribution >= 0.6 is 23.5 Å². The maximum absolute atomic E-state index is 11.0. The van der Waals surface area contributed by atoms with Gasteiger partial charge in [0, 0.05) is 0 Å². The zero-order valence-corrected chi connectivity index (χ0v) is 24.0. The second kappa shape index (κ2) is 12.0. The maximum atomic E-state index is 11.0. The van der Waals surface area contributed by atoms with Gasteiger partial charge in [-0.1, -0.05) is 88.4 Å². The van der Waals surface area contributed by atoms with E-state index < -0.39 is 20.5 Å². The Labute approximate surface area is 216 Å². The SMILES string of the molecule is C[C@@H](C[C@H](O[Si](c1ccccc1)(c1ccccc1)C(C)(C)C)[C@H](O)CO)CC1(C)SCCCS1. The van der Waals surface area contributed by atoms with Crippen molar-refractivity contribution in [1.82, 2.24) is 0 Å². The van der Waals surface area contributed by atoms with Crippen molar-refractivity contribution in [3.8, 4) is 0 Å². The highest BCUT2D eigenvalue weighted by Crippen LogP contribution is 2.47. The smallest absolute Gasteiger partial charge is 0.261 e. The maximum Gasteiger partial charge on any atom is 0.261 e. The van der Waals surface area contributed by atoms with E-state index in [0.717, 1.165) is 12.8 Å². The second-order valence-corrected chi connectivity index (χ2v) is 18.5. The lowest BCUT2D eigenvalue weighted by Crippen LogP contribution is -2.68. The largest absolute Gasteiger partial charge is 0.402 e. The standard InChI is InChI=1S/C28H42O3S2Si/c1-22(20-28(5)32-17-12-18-33-28)19-26(25(30)21-29)31-34(27(2,3)4,23-13-8-6-9-14-23)24-15-10-7-11-16-24/h6-11,13-16,22,25-26,29-30H,12,17-21H2,1-5H3/t22-,25+,26-/m0/s1. The third-order valence-corrected chi connectivity index (χ3v) is 15.1. The molecule has 0 spiro atoms. The number of hydrogen-bond donors (Lipinski definition) is 2. The van der Waals surface area contributed by atoms with Crippen LogP contribution in [-0.2, 0) is 4.43 Å². The van der Waals surface area contributed by atoms with Gasteiger partial charge in [0.15, 0.2) is 0 Å². The molecule has 3 atom stereocenters. The fourth-order valence-corrected chi connectivity index (χ4v) is 13.2. The molecule has 0 saturated carbocycles. The van der Waals surface area contributed by atoms with Crippen molar-refractivity contribution in [3.63, 3.8) is 0 Å². The van der Waals surface area contributed by atoms with Crippen LogP contribution in [0.25, 0.3) is 0 Å². The van der Waals surface area contributed by atoms with E-state index in [4.69, 9.17) is 4.43 Å². The van der Waals surface area contributed by atoms with Gasteiger partial charge in [-0.25, -0.2) is 0 Å². The highest BCUT2D eigenvalue weighted by molar-refractivity contribution is 8.18. The molecule has 3 nitrogen and oxygen atoms in total. The van der Waals surface area contributed by atoms with Gasteiger partial charge in [0.2, 0.25) is 0 Å². The average molecular weight is 519 g/mol. The first-order valence-corrected chi connectivity index (χ1v) is 16.3. The molecule has 0 amide bonds. The minimum absolute atomic E-state index is 0.173. The van der Waals surface area contributed by atoms with Crippen molar-refractivity contribution in [2.24, 2.45) is 5.92 Å². The molecule has 1 heterocycles. The molecule has 1 aliphatic rings. The first-order valence-electron chi connectivity index (χ1n) is 12.5. The molecule has 2 aromatic carbocycles. The van der Waals surface area contributed by atoms with Crippen molar-refractivity contribution >= 4 is 42.2 Å². The van der Waals surface area contributed by atoms with E-state index in [0.29, 0.717) is 5.92 Å². The molecule has 0 aromatic heterocycles. The van der Waals surface area contributed by atoms with Crippen LogP contribution in [0.5, 0.6) is 0 Å². The average Bonchev–Trinajstić information content (AvgIpc) is 2.81. The molecule has 6 heteroatoms. The summed E-state index contributed by atoms with van der Waals surface area (Å²) in [7, 11) is -2.81. The quantitative estimate of drug-likeness (QED) is 0.419. The molecule has 0 bridgehead atoms. The monoisotopic (exact) mass is 518 g/mol. The molecule has 1 saturated heterocycles. The fraction of sp³-hybridized carbons (Fsp3) is 0.571. The molecule has 2 aromatic rings. The summed E-state index contributed by atoms with van der Waals surface area (Å²) >= 11 is 4.13. The van der Waals surface area contributed by atoms with E-state index in [9.17, 15) is 10.2 Å². The van der Waals surface area contributed by atoms with Gasteiger partial charge < -0.3 is 14.6 Å². The molecule has 0 aliphatic carbocycles. The minimum Gasteiger partial charge on any atom is -0.402 e. The Kier molecular flexibility index (Phi) is 9.80. The summed E-state index contributed by atoms with van der Waals surface area (Å²) in [6.07, 6.45) is 1.73. The lowest BCUT2D eigenvalue weighted by atomic mass is 9.96. The van der Waals surface area contributed by atoms with E-state index >= 15 is 0 Å². The summed E-state index contributed by atoms with van der Waals surface area (Å²) in [4.78, 5) is 0. The Bertz CT molecular complexity index is 827. The topological polar surface area (TPSA) is 49.7 Å². The van der Waals surface area contributed by atoms with Crippen LogP contribution in [0.2, 0.25) is 5.04 Å². The predicted octanol–water partition coefficient (Wildman–Crippen LogP) is 5.29. The highest BCUT2D eigenvalue weighted by Gasteiger charge is 2.52. The lowest BCUT2D eigenvalue weighted by molar-refractivity contribution is -0.0157. The number of rotatable bonds is 10. The van der Waals surface area contributed by atoms with E-state index in [2.05, 4.69) is 107 Å². The highest BCUT2D eigenvalue weighted by atomic mass is 32.2. The van der Waals surface area contributed by atoms with Crippen LogP contribution in [0.3, 0.4) is 0 Å². The van der Waals surface area contributed by atoms with Crippen molar-refractivity contribution < 1.29 is 14.6 Å². The second-order valence-electron chi connectivity index (χ2n) is 10.8. The van der Waals surface area contributed by atoms with Gasteiger partial charge in [-0.05, 0) is 59.0 Å². The van der Waals surface area contributed by atoms with Gasteiger partial charge in [0.1, 0.15) is 6.10 Å². The van der Waals surface area contributed by atoms with E-state index in [-0.39, 0.29) is 15.7 Å². The Hall–Kier alpha value is -0.763. The van der Waals surface area contributed by atoms with Crippen LogP contribution in [0.4, 0.5) is 0 Å². The van der Waals surface area contributed by atoms with Gasteiger partial charge in [0.05, 0.1) is 16.8 Å². The van der Waals surface area contributed by atoms with Gasteiger partial charge in [-0.15, -0.1) is 23.5 Å². The fourth-order valence-electron chi connectivity index (χ4n) is 5.23. The van der Waals surface area contributed by atoms with Crippen LogP contribution in [0.1, 0.15) is 53.9 Å². The number of aliphatic hydroxyl groups excluding tert-OH is 2. The van der Waals surface area contributed by atoms with Crippen LogP contribution < -0.4 is 10.4 Å². The molecular formula is C28H42O3S2Si. The lowest BCUT2D eigenvalue weighted by Gasteiger charge is -2.46. The molecule has 1 fully saturated rings. The summed E-state index contributed by atoms with van der Waals surface area (Å²) < 4.78 is 7.45. The minimum atomic E-state index is -2.81. The third-order valence-electron chi connectivity index (χ3n) is 6.82. The molecule has 188 valence electrons. The number of aliphatic hydroxyl groups is 2. The zero-order chi connectivity index (χ0) is 24.8. The Balaban J connectivity index is 1.98. The molecule has 0 unspecified atom stereocenters. The Morgan fingerprint density at radius 3 is 1.91 bits per heavy atom. The summed E-state index contributed by atoms with van der Waals surface area (Å²) in [5.41, 5.74) is 0. The molecule has 2 N–H and O–H groups in total. The predicted molar refractivity (Wildman–Crippen MR) is 152 cm³/mol. The summed E-state index contributed by atoms with van der Waals surface area (Å²) in [6.45, 7) is 11.1. The number of thioether (sulfide) groups is 2. The van der Waals surface area contributed by atoms with E-state index in [1.807, 2.05) is 12.1 Å². The van der Waals surface area contributed by atoms with Crippen molar-refractivity contribution in [2.75, 3.05) is 18.1 Å². The van der Waals surface area contributed by atoms with Crippen molar-refractivity contribution in [2.45, 2.75) is 75.2 Å². The summed E-state index contributed by atoms with van der Waals surface area (Å²) in [5, 5.41) is 23.2. The van der Waals surface area contributed by atoms with E-state index in [1.165, 1.54) is 28.3 Å². The Morgan fingerprint density at radius 2 is 1.47 bits per heavy atom. The normalized spacial score (nSPS) is 19.4. The van der Waals surface area contributed by atoms with E-state index in [1.54, 1.807) is 0 Å². The van der Waals surface area contributed by atoms with Gasteiger partial charge in [-0.2, -0.15) is 0 Å². The van der Waals surface area contributed by atoms with Gasteiger partial charge in [0.25, 0.3) is 8.32 Å². The van der Waals surface area contributed by atoms with Crippen LogP contribution in [-0.4, -0.2) is 52.9 Å². The first kappa shape index (κ1) is 27.8. The van der Waals surface area contributed by atoms with Crippen molar-refractivity contribution in [1.29, 1.82) is 0 Å². The first-order chi connectivity index (χ1) is 16.1. The summed E-state index contributed by atoms with van der Waals surface area (Å²) in [5.74, 6) is 2.81.